The Bertz CT molecular complexity index is 1030. The van der Waals surface area contributed by atoms with Gasteiger partial charge in [0, 0.05) is 12.0 Å². The van der Waals surface area contributed by atoms with Crippen molar-refractivity contribution in [3.05, 3.63) is 70.6 Å². The van der Waals surface area contributed by atoms with Gasteiger partial charge in [-0.25, -0.2) is 0 Å². The zero-order valence-corrected chi connectivity index (χ0v) is 16.9. The van der Waals surface area contributed by atoms with Crippen LogP contribution < -0.4 is 5.32 Å². The Labute approximate surface area is 165 Å². The fraction of sp³-hybridized carbons (Fsp3) is 0.261. The van der Waals surface area contributed by atoms with Crippen molar-refractivity contribution in [1.82, 2.24) is 10.1 Å². The molecule has 1 amide bonds. The Hall–Kier alpha value is -3.21. The van der Waals surface area contributed by atoms with Gasteiger partial charge in [-0.05, 0) is 49.6 Å². The van der Waals surface area contributed by atoms with Crippen molar-refractivity contribution in [2.75, 3.05) is 5.32 Å². The number of hydrogen-bond donors (Lipinski definition) is 1. The average molecular weight is 375 g/mol. The largest absolute Gasteiger partial charge is 0.334 e. The summed E-state index contributed by atoms with van der Waals surface area (Å²) in [4.78, 5) is 17.0. The van der Waals surface area contributed by atoms with Gasteiger partial charge in [-0.1, -0.05) is 54.9 Å². The van der Waals surface area contributed by atoms with Crippen molar-refractivity contribution < 1.29 is 9.32 Å². The van der Waals surface area contributed by atoms with Gasteiger partial charge in [-0.15, -0.1) is 0 Å². The summed E-state index contributed by atoms with van der Waals surface area (Å²) in [6.45, 7) is 10.0. The fourth-order valence-electron chi connectivity index (χ4n) is 2.93. The molecule has 0 unspecified atom stereocenters. The van der Waals surface area contributed by atoms with Crippen molar-refractivity contribution >= 4 is 17.7 Å². The summed E-state index contributed by atoms with van der Waals surface area (Å²) in [6.07, 6.45) is 3.37. The maximum atomic E-state index is 12.5. The van der Waals surface area contributed by atoms with Gasteiger partial charge < -0.3 is 9.84 Å². The van der Waals surface area contributed by atoms with Gasteiger partial charge >= 0.3 is 0 Å². The summed E-state index contributed by atoms with van der Waals surface area (Å²) in [5, 5.41) is 6.99. The number of benzene rings is 2. The number of aromatic nitrogens is 2. The molecule has 0 atom stereocenters. The van der Waals surface area contributed by atoms with Crippen LogP contribution in [0.25, 0.3) is 17.5 Å². The molecule has 1 N–H and O–H groups in total. The Balaban J connectivity index is 1.85. The quantitative estimate of drug-likeness (QED) is 0.603. The molecule has 0 bridgehead atoms. The van der Waals surface area contributed by atoms with Crippen molar-refractivity contribution in [3.63, 3.8) is 0 Å². The Morgan fingerprint density at radius 2 is 1.89 bits per heavy atom. The number of nitrogens with zero attached hydrogens (tertiary/aromatic N) is 2. The van der Waals surface area contributed by atoms with Crippen LogP contribution in [-0.2, 0) is 4.79 Å². The van der Waals surface area contributed by atoms with Crippen LogP contribution in [0.4, 0.5) is 5.69 Å². The lowest BCUT2D eigenvalue weighted by Gasteiger charge is -2.10. The van der Waals surface area contributed by atoms with E-state index in [9.17, 15) is 4.79 Å². The van der Waals surface area contributed by atoms with E-state index in [0.717, 1.165) is 16.7 Å². The van der Waals surface area contributed by atoms with E-state index < -0.39 is 0 Å². The number of carbonyl (C=O) groups is 1. The van der Waals surface area contributed by atoms with E-state index in [1.165, 1.54) is 5.56 Å². The van der Waals surface area contributed by atoms with Gasteiger partial charge in [0.1, 0.15) is 0 Å². The summed E-state index contributed by atoms with van der Waals surface area (Å²) < 4.78 is 5.42. The minimum atomic E-state index is -0.209. The van der Waals surface area contributed by atoms with E-state index in [0.29, 0.717) is 23.0 Å². The highest BCUT2D eigenvalue weighted by Gasteiger charge is 2.17. The third-order valence-corrected chi connectivity index (χ3v) is 4.55. The standard InChI is InChI=1S/C23H25N3O2/c1-14(2)22-25-23(28-26-22)19-8-6-7-16(4)21(19)24-20(27)12-11-18-10-9-15(3)13-17(18)5/h6-14H,1-5H3,(H,24,27)/b12-11+. The molecule has 0 aliphatic rings. The molecule has 144 valence electrons. The first-order valence-corrected chi connectivity index (χ1v) is 9.35. The zero-order valence-electron chi connectivity index (χ0n) is 16.9. The number of anilines is 1. The van der Waals surface area contributed by atoms with Crippen LogP contribution in [-0.4, -0.2) is 16.0 Å². The van der Waals surface area contributed by atoms with Crippen molar-refractivity contribution in [1.29, 1.82) is 0 Å². The van der Waals surface area contributed by atoms with Crippen molar-refractivity contribution in [2.24, 2.45) is 0 Å². The van der Waals surface area contributed by atoms with E-state index in [1.54, 1.807) is 6.08 Å². The maximum absolute atomic E-state index is 12.5. The van der Waals surface area contributed by atoms with Gasteiger partial charge in [0.15, 0.2) is 5.82 Å². The number of carbonyl (C=O) groups excluding carboxylic acids is 1. The van der Waals surface area contributed by atoms with Crippen LogP contribution in [0.2, 0.25) is 0 Å². The molecule has 5 heteroatoms. The highest BCUT2D eigenvalue weighted by atomic mass is 16.5. The minimum Gasteiger partial charge on any atom is -0.334 e. The Morgan fingerprint density at radius 3 is 2.57 bits per heavy atom. The second kappa shape index (κ2) is 8.21. The first kappa shape index (κ1) is 19.5. The van der Waals surface area contributed by atoms with Crippen LogP contribution in [0, 0.1) is 20.8 Å². The Morgan fingerprint density at radius 1 is 1.11 bits per heavy atom. The van der Waals surface area contributed by atoms with E-state index >= 15 is 0 Å². The topological polar surface area (TPSA) is 68.0 Å². The number of rotatable bonds is 5. The zero-order chi connectivity index (χ0) is 20.3. The molecule has 2 aromatic carbocycles. The number of hydrogen-bond acceptors (Lipinski definition) is 4. The summed E-state index contributed by atoms with van der Waals surface area (Å²) in [6, 6.07) is 11.9. The van der Waals surface area contributed by atoms with Gasteiger partial charge in [0.2, 0.25) is 5.91 Å². The van der Waals surface area contributed by atoms with Crippen molar-refractivity contribution in [2.45, 2.75) is 40.5 Å². The van der Waals surface area contributed by atoms with Crippen LogP contribution in [0.5, 0.6) is 0 Å². The van der Waals surface area contributed by atoms with E-state index in [-0.39, 0.29) is 11.8 Å². The first-order chi connectivity index (χ1) is 13.3. The third-order valence-electron chi connectivity index (χ3n) is 4.55. The smallest absolute Gasteiger partial charge is 0.260 e. The summed E-state index contributed by atoms with van der Waals surface area (Å²) in [5.74, 6) is 1.00. The second-order valence-corrected chi connectivity index (χ2v) is 7.29. The maximum Gasteiger partial charge on any atom is 0.260 e. The highest BCUT2D eigenvalue weighted by molar-refractivity contribution is 6.04. The molecular weight excluding hydrogens is 350 g/mol. The van der Waals surface area contributed by atoms with Crippen LogP contribution in [0.3, 0.4) is 0 Å². The second-order valence-electron chi connectivity index (χ2n) is 7.29. The molecule has 3 rings (SSSR count). The van der Waals surface area contributed by atoms with Crippen LogP contribution in [0.1, 0.15) is 47.8 Å². The first-order valence-electron chi connectivity index (χ1n) is 9.35. The molecule has 28 heavy (non-hydrogen) atoms. The van der Waals surface area contributed by atoms with E-state index in [1.807, 2.05) is 64.1 Å². The predicted molar refractivity (Wildman–Crippen MR) is 112 cm³/mol. The molecule has 0 fully saturated rings. The highest BCUT2D eigenvalue weighted by Crippen LogP contribution is 2.30. The molecule has 3 aromatic rings. The van der Waals surface area contributed by atoms with Crippen molar-refractivity contribution in [3.8, 4) is 11.5 Å². The third kappa shape index (κ3) is 4.36. The molecule has 0 aliphatic carbocycles. The molecule has 0 saturated heterocycles. The molecule has 0 radical (unpaired) electrons. The average Bonchev–Trinajstić information content (AvgIpc) is 3.13. The molecule has 0 saturated carbocycles. The minimum absolute atomic E-state index is 0.168. The fourth-order valence-corrected chi connectivity index (χ4v) is 2.93. The summed E-state index contributed by atoms with van der Waals surface area (Å²) >= 11 is 0. The lowest BCUT2D eigenvalue weighted by atomic mass is 10.1. The van der Waals surface area contributed by atoms with Crippen LogP contribution in [0.15, 0.2) is 47.0 Å². The SMILES string of the molecule is Cc1ccc(/C=C/C(=O)Nc2c(C)cccc2-c2nc(C(C)C)no2)c(C)c1. The van der Waals surface area contributed by atoms with Gasteiger partial charge in [0.05, 0.1) is 11.3 Å². The van der Waals surface area contributed by atoms with Gasteiger partial charge in [0.25, 0.3) is 5.89 Å². The Kier molecular flexibility index (Phi) is 5.73. The van der Waals surface area contributed by atoms with Crippen LogP contribution >= 0.6 is 0 Å². The number of para-hydroxylation sites is 1. The summed E-state index contributed by atoms with van der Waals surface area (Å²) in [5.41, 5.74) is 5.67. The molecule has 0 spiro atoms. The number of nitrogens with one attached hydrogen (secondary N) is 1. The van der Waals surface area contributed by atoms with Gasteiger partial charge in [-0.2, -0.15) is 4.98 Å². The summed E-state index contributed by atoms with van der Waals surface area (Å²) in [7, 11) is 0. The monoisotopic (exact) mass is 375 g/mol. The van der Waals surface area contributed by atoms with E-state index in [2.05, 4.69) is 28.4 Å². The number of aryl methyl sites for hydroxylation is 3. The lowest BCUT2D eigenvalue weighted by molar-refractivity contribution is -0.111. The lowest BCUT2D eigenvalue weighted by Crippen LogP contribution is -2.10. The molecular formula is C23H25N3O2. The van der Waals surface area contributed by atoms with Gasteiger partial charge in [-0.3, -0.25) is 4.79 Å². The molecule has 1 aromatic heterocycles. The van der Waals surface area contributed by atoms with E-state index in [4.69, 9.17) is 4.52 Å². The predicted octanol–water partition coefficient (Wildman–Crippen LogP) is 5.44. The number of amides is 1. The molecule has 5 nitrogen and oxygen atoms in total. The molecule has 1 heterocycles. The normalized spacial score (nSPS) is 11.4. The molecule has 0 aliphatic heterocycles.